The van der Waals surface area contributed by atoms with E-state index in [0.717, 1.165) is 47.2 Å². The maximum absolute atomic E-state index is 14.2. The number of carbonyl (C=O) groups is 2. The van der Waals surface area contributed by atoms with Crippen LogP contribution < -0.4 is 9.62 Å². The molecule has 0 bridgehead atoms. The number of rotatable bonds is 12. The molecule has 0 aromatic heterocycles. The molecule has 0 unspecified atom stereocenters. The van der Waals surface area contributed by atoms with Crippen molar-refractivity contribution in [1.82, 2.24) is 10.2 Å². The fraction of sp³-hybridized carbons (Fsp3) is 0.355. The molecule has 10 nitrogen and oxygen atoms in total. The number of amides is 2. The SMILES string of the molecule is CC[C@@H](C(=O)NC1CCCC1)N(Cc1cccc(C)c1)C(=O)CN(c1cccc([N+](=O)[O-])c1)S(=O)(=O)c1ccccc1. The molecule has 1 N–H and O–H groups in total. The molecule has 222 valence electrons. The van der Waals surface area contributed by atoms with Crippen LogP contribution in [-0.4, -0.2) is 48.7 Å². The Balaban J connectivity index is 1.74. The van der Waals surface area contributed by atoms with Crippen molar-refractivity contribution in [3.63, 3.8) is 0 Å². The Bertz CT molecular complexity index is 1520. The van der Waals surface area contributed by atoms with E-state index in [-0.39, 0.29) is 34.8 Å². The van der Waals surface area contributed by atoms with E-state index in [1.165, 1.54) is 35.2 Å². The summed E-state index contributed by atoms with van der Waals surface area (Å²) in [7, 11) is -4.31. The Hall–Kier alpha value is -4.25. The summed E-state index contributed by atoms with van der Waals surface area (Å²) in [4.78, 5) is 39.9. The summed E-state index contributed by atoms with van der Waals surface area (Å²) < 4.78 is 28.6. The number of hydrogen-bond acceptors (Lipinski definition) is 6. The topological polar surface area (TPSA) is 130 Å². The molecule has 11 heteroatoms. The molecular formula is C31H36N4O6S. The quantitative estimate of drug-likeness (QED) is 0.234. The number of carbonyl (C=O) groups excluding carboxylic acids is 2. The number of sulfonamides is 1. The second-order valence-electron chi connectivity index (χ2n) is 10.5. The van der Waals surface area contributed by atoms with Crippen molar-refractivity contribution in [1.29, 1.82) is 0 Å². The Labute approximate surface area is 246 Å². The number of anilines is 1. The zero-order chi connectivity index (χ0) is 30.3. The predicted octanol–water partition coefficient (Wildman–Crippen LogP) is 4.96. The van der Waals surface area contributed by atoms with Gasteiger partial charge in [-0.15, -0.1) is 0 Å². The lowest BCUT2D eigenvalue weighted by molar-refractivity contribution is -0.384. The number of aryl methyl sites for hydroxylation is 1. The van der Waals surface area contributed by atoms with Gasteiger partial charge in [-0.05, 0) is 49.9 Å². The van der Waals surface area contributed by atoms with Gasteiger partial charge in [0.15, 0.2) is 0 Å². The Morgan fingerprint density at radius 3 is 2.33 bits per heavy atom. The summed E-state index contributed by atoms with van der Waals surface area (Å²) in [5, 5.41) is 14.6. The van der Waals surface area contributed by atoms with E-state index in [4.69, 9.17) is 0 Å². The van der Waals surface area contributed by atoms with Crippen LogP contribution in [0, 0.1) is 17.0 Å². The van der Waals surface area contributed by atoms with Gasteiger partial charge in [-0.2, -0.15) is 0 Å². The van der Waals surface area contributed by atoms with Crippen molar-refractivity contribution >= 4 is 33.2 Å². The number of nitrogens with zero attached hydrogens (tertiary/aromatic N) is 3. The highest BCUT2D eigenvalue weighted by atomic mass is 32.2. The molecule has 1 saturated carbocycles. The highest BCUT2D eigenvalue weighted by Gasteiger charge is 2.35. The minimum absolute atomic E-state index is 0.0274. The van der Waals surface area contributed by atoms with Crippen molar-refractivity contribution in [3.05, 3.63) is 100 Å². The van der Waals surface area contributed by atoms with Crippen LogP contribution in [-0.2, 0) is 26.2 Å². The molecule has 1 aliphatic carbocycles. The summed E-state index contributed by atoms with van der Waals surface area (Å²) >= 11 is 0. The molecule has 2 amide bonds. The third-order valence-electron chi connectivity index (χ3n) is 7.46. The number of non-ortho nitro benzene ring substituents is 1. The largest absolute Gasteiger partial charge is 0.352 e. The van der Waals surface area contributed by atoms with Crippen LogP contribution in [0.1, 0.15) is 50.2 Å². The van der Waals surface area contributed by atoms with Gasteiger partial charge in [0.1, 0.15) is 12.6 Å². The summed E-state index contributed by atoms with van der Waals surface area (Å²) in [5.41, 5.74) is 1.43. The third-order valence-corrected chi connectivity index (χ3v) is 9.25. The summed E-state index contributed by atoms with van der Waals surface area (Å²) in [6.45, 7) is 3.17. The molecule has 1 atom stereocenters. The summed E-state index contributed by atoms with van der Waals surface area (Å²) in [6.07, 6.45) is 4.14. The van der Waals surface area contributed by atoms with Crippen LogP contribution in [0.25, 0.3) is 0 Å². The van der Waals surface area contributed by atoms with Gasteiger partial charge in [0.25, 0.3) is 15.7 Å². The standard InChI is InChI=1S/C31H36N4O6S/c1-3-29(31(37)32-25-13-7-8-14-25)33(21-24-12-9-11-23(2)19-24)30(36)22-34(26-15-10-16-27(20-26)35(38)39)42(40,41)28-17-5-4-6-18-28/h4-6,9-12,15-20,25,29H,3,7-8,13-14,21-22H2,1-2H3,(H,32,37)/t29-/m0/s1. The van der Waals surface area contributed by atoms with Crippen LogP contribution in [0.2, 0.25) is 0 Å². The van der Waals surface area contributed by atoms with Crippen molar-refractivity contribution in [2.45, 2.75) is 69.5 Å². The lowest BCUT2D eigenvalue weighted by atomic mass is 10.1. The molecule has 1 fully saturated rings. The monoisotopic (exact) mass is 592 g/mol. The van der Waals surface area contributed by atoms with Gasteiger partial charge in [0.2, 0.25) is 11.8 Å². The maximum atomic E-state index is 14.2. The normalized spacial score (nSPS) is 14.2. The van der Waals surface area contributed by atoms with Crippen LogP contribution in [0.5, 0.6) is 0 Å². The molecular weight excluding hydrogens is 556 g/mol. The van der Waals surface area contributed by atoms with Gasteiger partial charge in [0, 0.05) is 24.7 Å². The molecule has 4 rings (SSSR count). The number of nitro benzene ring substituents is 1. The van der Waals surface area contributed by atoms with E-state index in [1.54, 1.807) is 18.2 Å². The fourth-order valence-corrected chi connectivity index (χ4v) is 6.73. The number of nitro groups is 1. The zero-order valence-corrected chi connectivity index (χ0v) is 24.6. The van der Waals surface area contributed by atoms with Gasteiger partial charge < -0.3 is 10.2 Å². The highest BCUT2D eigenvalue weighted by molar-refractivity contribution is 7.92. The summed E-state index contributed by atoms with van der Waals surface area (Å²) in [5.74, 6) is -0.880. The third kappa shape index (κ3) is 7.33. The van der Waals surface area contributed by atoms with E-state index in [9.17, 15) is 28.1 Å². The lowest BCUT2D eigenvalue weighted by Gasteiger charge is -2.33. The average Bonchev–Trinajstić information content (AvgIpc) is 3.49. The molecule has 0 saturated heterocycles. The molecule has 42 heavy (non-hydrogen) atoms. The highest BCUT2D eigenvalue weighted by Crippen LogP contribution is 2.28. The van der Waals surface area contributed by atoms with Gasteiger partial charge >= 0.3 is 0 Å². The number of benzene rings is 3. The van der Waals surface area contributed by atoms with Crippen LogP contribution in [0.3, 0.4) is 0 Å². The second-order valence-corrected chi connectivity index (χ2v) is 12.4. The second kappa shape index (κ2) is 13.6. The molecule has 0 aliphatic heterocycles. The number of hydrogen-bond donors (Lipinski definition) is 1. The van der Waals surface area contributed by atoms with Crippen molar-refractivity contribution in [3.8, 4) is 0 Å². The Morgan fingerprint density at radius 2 is 1.69 bits per heavy atom. The first-order valence-corrected chi connectivity index (χ1v) is 15.5. The van der Waals surface area contributed by atoms with E-state index < -0.39 is 33.4 Å². The minimum atomic E-state index is -4.31. The van der Waals surface area contributed by atoms with E-state index in [1.807, 2.05) is 38.1 Å². The number of nitrogens with one attached hydrogen (secondary N) is 1. The lowest BCUT2D eigenvalue weighted by Crippen LogP contribution is -2.53. The molecule has 0 heterocycles. The molecule has 1 aliphatic rings. The van der Waals surface area contributed by atoms with E-state index in [0.29, 0.717) is 6.42 Å². The first-order chi connectivity index (χ1) is 20.1. The molecule has 3 aromatic carbocycles. The fourth-order valence-electron chi connectivity index (χ4n) is 5.30. The first kappa shape index (κ1) is 30.7. The van der Waals surface area contributed by atoms with E-state index >= 15 is 0 Å². The first-order valence-electron chi connectivity index (χ1n) is 14.1. The van der Waals surface area contributed by atoms with Crippen molar-refractivity contribution in [2.24, 2.45) is 0 Å². The predicted molar refractivity (Wildman–Crippen MR) is 160 cm³/mol. The Morgan fingerprint density at radius 1 is 1.00 bits per heavy atom. The van der Waals surface area contributed by atoms with Gasteiger partial charge in [0.05, 0.1) is 15.5 Å². The van der Waals surface area contributed by atoms with Gasteiger partial charge in [-0.25, -0.2) is 8.42 Å². The molecule has 0 spiro atoms. The minimum Gasteiger partial charge on any atom is -0.352 e. The van der Waals surface area contributed by atoms with Gasteiger partial charge in [-0.3, -0.25) is 24.0 Å². The van der Waals surface area contributed by atoms with E-state index in [2.05, 4.69) is 5.32 Å². The van der Waals surface area contributed by atoms with Crippen LogP contribution in [0.4, 0.5) is 11.4 Å². The van der Waals surface area contributed by atoms with Crippen molar-refractivity contribution < 1.29 is 22.9 Å². The molecule has 3 aromatic rings. The van der Waals surface area contributed by atoms with Crippen molar-refractivity contribution in [2.75, 3.05) is 10.8 Å². The average molecular weight is 593 g/mol. The van der Waals surface area contributed by atoms with Crippen LogP contribution >= 0.6 is 0 Å². The summed E-state index contributed by atoms with van der Waals surface area (Å²) in [6, 6.07) is 19.5. The van der Waals surface area contributed by atoms with Crippen LogP contribution in [0.15, 0.2) is 83.8 Å². The smallest absolute Gasteiger partial charge is 0.271 e. The maximum Gasteiger partial charge on any atom is 0.271 e. The zero-order valence-electron chi connectivity index (χ0n) is 23.8. The Kier molecular flexibility index (Phi) is 9.95. The van der Waals surface area contributed by atoms with Gasteiger partial charge in [-0.1, -0.05) is 73.9 Å². The molecule has 0 radical (unpaired) electrons.